The molecule has 3 aromatic carbocycles. The van der Waals surface area contributed by atoms with E-state index in [0.29, 0.717) is 12.0 Å². The largest absolute Gasteiger partial charge is 0.497 e. The number of amides is 1. The van der Waals surface area contributed by atoms with Gasteiger partial charge in [0.2, 0.25) is 0 Å². The molecular formula is C25H20N2O3. The van der Waals surface area contributed by atoms with Crippen molar-refractivity contribution in [3.63, 3.8) is 0 Å². The van der Waals surface area contributed by atoms with Crippen molar-refractivity contribution in [1.82, 2.24) is 5.01 Å². The number of furan rings is 1. The van der Waals surface area contributed by atoms with Gasteiger partial charge in [-0.3, -0.25) is 4.79 Å². The summed E-state index contributed by atoms with van der Waals surface area (Å²) in [5.74, 6) is 0.807. The minimum absolute atomic E-state index is 0.216. The number of methoxy groups -OCH3 is 1. The van der Waals surface area contributed by atoms with E-state index in [4.69, 9.17) is 14.3 Å². The maximum atomic E-state index is 13.4. The van der Waals surface area contributed by atoms with Crippen molar-refractivity contribution in [3.05, 3.63) is 102 Å². The number of hydrogen-bond acceptors (Lipinski definition) is 4. The van der Waals surface area contributed by atoms with Crippen LogP contribution in [0, 0.1) is 0 Å². The van der Waals surface area contributed by atoms with Crippen LogP contribution in [0.4, 0.5) is 0 Å². The van der Waals surface area contributed by atoms with Crippen LogP contribution in [0.1, 0.15) is 34.1 Å². The van der Waals surface area contributed by atoms with Crippen LogP contribution in [0.15, 0.2) is 94.4 Å². The Morgan fingerprint density at radius 2 is 1.73 bits per heavy atom. The summed E-state index contributed by atoms with van der Waals surface area (Å²) in [6.07, 6.45) is 0.627. The van der Waals surface area contributed by atoms with Crippen LogP contribution in [-0.2, 0) is 0 Å². The van der Waals surface area contributed by atoms with Crippen molar-refractivity contribution >= 4 is 22.6 Å². The van der Waals surface area contributed by atoms with Crippen molar-refractivity contribution in [2.24, 2.45) is 5.10 Å². The molecule has 4 aromatic rings. The lowest BCUT2D eigenvalue weighted by atomic mass is 9.98. The fourth-order valence-corrected chi connectivity index (χ4v) is 3.79. The van der Waals surface area contributed by atoms with Gasteiger partial charge in [0.1, 0.15) is 11.3 Å². The number of benzene rings is 3. The molecule has 0 fully saturated rings. The van der Waals surface area contributed by atoms with Crippen LogP contribution in [-0.4, -0.2) is 23.7 Å². The van der Waals surface area contributed by atoms with Crippen LogP contribution in [0.5, 0.6) is 5.75 Å². The summed E-state index contributed by atoms with van der Waals surface area (Å²) < 4.78 is 11.1. The summed E-state index contributed by atoms with van der Waals surface area (Å²) in [6.45, 7) is 0. The zero-order valence-electron chi connectivity index (χ0n) is 16.5. The first-order valence-electron chi connectivity index (χ1n) is 9.82. The quantitative estimate of drug-likeness (QED) is 0.462. The molecule has 1 unspecified atom stereocenters. The predicted octanol–water partition coefficient (Wildman–Crippen LogP) is 5.43. The average Bonchev–Trinajstić information content (AvgIpc) is 3.44. The highest BCUT2D eigenvalue weighted by Gasteiger charge is 2.35. The Labute approximate surface area is 174 Å². The van der Waals surface area contributed by atoms with E-state index in [1.807, 2.05) is 78.9 Å². The molecule has 0 spiro atoms. The van der Waals surface area contributed by atoms with Crippen LogP contribution >= 0.6 is 0 Å². The molecule has 148 valence electrons. The summed E-state index contributed by atoms with van der Waals surface area (Å²) in [6, 6.07) is 26.9. The number of carbonyl (C=O) groups is 1. The zero-order chi connectivity index (χ0) is 20.5. The number of fused-ring (bicyclic) bond motifs is 1. The van der Waals surface area contributed by atoms with E-state index in [1.54, 1.807) is 18.2 Å². The number of ether oxygens (including phenoxy) is 1. The van der Waals surface area contributed by atoms with Crippen LogP contribution in [0.25, 0.3) is 11.0 Å². The highest BCUT2D eigenvalue weighted by atomic mass is 16.5. The van der Waals surface area contributed by atoms with Crippen molar-refractivity contribution in [3.8, 4) is 5.75 Å². The molecule has 0 radical (unpaired) electrons. The second-order valence-electron chi connectivity index (χ2n) is 7.20. The lowest BCUT2D eigenvalue weighted by molar-refractivity contribution is 0.0681. The second kappa shape index (κ2) is 7.52. The lowest BCUT2D eigenvalue weighted by Gasteiger charge is -2.21. The molecule has 0 aliphatic carbocycles. The van der Waals surface area contributed by atoms with Crippen molar-refractivity contribution in [2.75, 3.05) is 7.11 Å². The molecule has 1 aromatic heterocycles. The summed E-state index contributed by atoms with van der Waals surface area (Å²) >= 11 is 0. The van der Waals surface area contributed by atoms with E-state index in [2.05, 4.69) is 0 Å². The van der Waals surface area contributed by atoms with E-state index < -0.39 is 0 Å². The highest BCUT2D eigenvalue weighted by molar-refractivity contribution is 6.05. The Morgan fingerprint density at radius 1 is 1.00 bits per heavy atom. The summed E-state index contributed by atoms with van der Waals surface area (Å²) in [4.78, 5) is 13.4. The average molecular weight is 396 g/mol. The van der Waals surface area contributed by atoms with Gasteiger partial charge < -0.3 is 9.15 Å². The number of hydrazone groups is 1. The Kier molecular flexibility index (Phi) is 4.56. The van der Waals surface area contributed by atoms with Crippen LogP contribution in [0.3, 0.4) is 0 Å². The molecular weight excluding hydrogens is 376 g/mol. The van der Waals surface area contributed by atoms with Gasteiger partial charge in [-0.15, -0.1) is 0 Å². The van der Waals surface area contributed by atoms with Crippen molar-refractivity contribution in [2.45, 2.75) is 12.5 Å². The molecule has 0 N–H and O–H groups in total. The third-order valence-electron chi connectivity index (χ3n) is 5.36. The molecule has 0 saturated heterocycles. The molecule has 5 heteroatoms. The zero-order valence-corrected chi connectivity index (χ0v) is 16.5. The monoisotopic (exact) mass is 396 g/mol. The summed E-state index contributed by atoms with van der Waals surface area (Å²) in [5, 5.41) is 7.15. The first-order valence-corrected chi connectivity index (χ1v) is 9.82. The number of hydrogen-bond donors (Lipinski definition) is 0. The van der Waals surface area contributed by atoms with Gasteiger partial charge >= 0.3 is 5.91 Å². The Morgan fingerprint density at radius 3 is 2.47 bits per heavy atom. The predicted molar refractivity (Wildman–Crippen MR) is 116 cm³/mol. The third kappa shape index (κ3) is 3.24. The molecule has 30 heavy (non-hydrogen) atoms. The minimum Gasteiger partial charge on any atom is -0.497 e. The smallest absolute Gasteiger partial charge is 0.310 e. The first-order chi connectivity index (χ1) is 14.7. The Hall–Kier alpha value is -3.86. The van der Waals surface area contributed by atoms with E-state index in [9.17, 15) is 4.79 Å². The number of para-hydroxylation sites is 1. The topological polar surface area (TPSA) is 55.0 Å². The standard InChI is InChI=1S/C25H20N2O3/c1-29-20-13-11-18(12-14-20)22-16-21(17-7-3-2-4-8-17)26-27(22)25(28)24-15-19-9-5-6-10-23(19)30-24/h2-15,22H,16H2,1H3. The highest BCUT2D eigenvalue weighted by Crippen LogP contribution is 2.35. The molecule has 1 aliphatic rings. The number of nitrogens with zero attached hydrogens (tertiary/aromatic N) is 2. The summed E-state index contributed by atoms with van der Waals surface area (Å²) in [7, 11) is 1.64. The second-order valence-corrected chi connectivity index (χ2v) is 7.20. The van der Waals surface area contributed by atoms with Gasteiger partial charge in [0.05, 0.1) is 18.9 Å². The van der Waals surface area contributed by atoms with Crippen molar-refractivity contribution < 1.29 is 13.9 Å². The molecule has 0 bridgehead atoms. The molecule has 5 rings (SSSR count). The van der Waals surface area contributed by atoms with Gasteiger partial charge in [-0.25, -0.2) is 5.01 Å². The van der Waals surface area contributed by atoms with E-state index in [-0.39, 0.29) is 17.7 Å². The molecule has 5 nitrogen and oxygen atoms in total. The minimum atomic E-state index is -0.252. The fraction of sp³-hybridized carbons (Fsp3) is 0.120. The van der Waals surface area contributed by atoms with Crippen LogP contribution in [0.2, 0.25) is 0 Å². The molecule has 0 saturated carbocycles. The molecule has 1 aliphatic heterocycles. The fourth-order valence-electron chi connectivity index (χ4n) is 3.79. The third-order valence-corrected chi connectivity index (χ3v) is 5.36. The number of carbonyl (C=O) groups excluding carboxylic acids is 1. The maximum Gasteiger partial charge on any atom is 0.310 e. The van der Waals surface area contributed by atoms with Crippen LogP contribution < -0.4 is 4.74 Å². The Balaban J connectivity index is 1.54. The molecule has 1 atom stereocenters. The van der Waals surface area contributed by atoms with Gasteiger partial charge in [-0.1, -0.05) is 60.7 Å². The van der Waals surface area contributed by atoms with E-state index >= 15 is 0 Å². The molecule has 2 heterocycles. The molecule has 1 amide bonds. The van der Waals surface area contributed by atoms with Gasteiger partial charge in [0.15, 0.2) is 5.76 Å². The van der Waals surface area contributed by atoms with E-state index in [0.717, 1.165) is 28.0 Å². The van der Waals surface area contributed by atoms with Gasteiger partial charge in [-0.2, -0.15) is 5.10 Å². The van der Waals surface area contributed by atoms with Gasteiger partial charge in [0.25, 0.3) is 0 Å². The maximum absolute atomic E-state index is 13.4. The first kappa shape index (κ1) is 18.2. The van der Waals surface area contributed by atoms with Gasteiger partial charge in [-0.05, 0) is 35.4 Å². The lowest BCUT2D eigenvalue weighted by Crippen LogP contribution is -2.26. The summed E-state index contributed by atoms with van der Waals surface area (Å²) in [5.41, 5.74) is 3.57. The van der Waals surface area contributed by atoms with Crippen molar-refractivity contribution in [1.29, 1.82) is 0 Å². The van der Waals surface area contributed by atoms with E-state index in [1.165, 1.54) is 0 Å². The number of rotatable bonds is 4. The van der Waals surface area contributed by atoms with Gasteiger partial charge in [0, 0.05) is 11.8 Å². The SMILES string of the molecule is COc1ccc(C2CC(c3ccccc3)=NN2C(=O)c2cc3ccccc3o2)cc1. The normalized spacial score (nSPS) is 16.0. The Bertz CT molecular complexity index is 1190.